The molecule has 0 aliphatic rings. The molecule has 0 fully saturated rings. The van der Waals surface area contributed by atoms with E-state index in [-0.39, 0.29) is 19.1 Å². The van der Waals surface area contributed by atoms with E-state index in [1.807, 2.05) is 24.3 Å². The summed E-state index contributed by atoms with van der Waals surface area (Å²) in [5.74, 6) is 0.210. The molecule has 0 atom stereocenters. The van der Waals surface area contributed by atoms with Gasteiger partial charge in [-0.15, -0.1) is 0 Å². The number of ether oxygens (including phenoxy) is 3. The predicted molar refractivity (Wildman–Crippen MR) is 105 cm³/mol. The van der Waals surface area contributed by atoms with Gasteiger partial charge in [0, 0.05) is 18.6 Å². The topological polar surface area (TPSA) is 65.1 Å². The van der Waals surface area contributed by atoms with Gasteiger partial charge in [0.2, 0.25) is 0 Å². The van der Waals surface area contributed by atoms with Crippen LogP contribution in [-0.2, 0) is 20.9 Å². The van der Waals surface area contributed by atoms with Crippen LogP contribution < -0.4 is 9.47 Å². The second-order valence-corrected chi connectivity index (χ2v) is 6.92. The summed E-state index contributed by atoms with van der Waals surface area (Å²) in [7, 11) is 3.22. The largest absolute Gasteiger partial charge is 0.497 e. The minimum Gasteiger partial charge on any atom is -0.497 e. The molecule has 0 unspecified atom stereocenters. The van der Waals surface area contributed by atoms with E-state index in [2.05, 4.69) is 15.9 Å². The molecule has 1 amide bonds. The first kappa shape index (κ1) is 21.1. The van der Waals surface area contributed by atoms with E-state index in [1.54, 1.807) is 32.4 Å². The van der Waals surface area contributed by atoms with Crippen molar-refractivity contribution >= 4 is 39.4 Å². The van der Waals surface area contributed by atoms with Gasteiger partial charge in [-0.1, -0.05) is 23.7 Å². The zero-order valence-corrected chi connectivity index (χ0v) is 17.2. The summed E-state index contributed by atoms with van der Waals surface area (Å²) < 4.78 is 16.1. The number of hydrogen-bond acceptors (Lipinski definition) is 5. The fourth-order valence-corrected chi connectivity index (χ4v) is 2.95. The SMILES string of the molecule is COc1cccc(CN(C)C(=O)COC(=O)COc2ccc(Cl)cc2Br)c1. The van der Waals surface area contributed by atoms with Crippen molar-refractivity contribution in [3.8, 4) is 11.5 Å². The number of rotatable bonds is 8. The maximum atomic E-state index is 12.1. The normalized spacial score (nSPS) is 10.2. The number of carbonyl (C=O) groups excluding carboxylic acids is 2. The fourth-order valence-electron chi connectivity index (χ4n) is 2.16. The van der Waals surface area contributed by atoms with Gasteiger partial charge in [0.15, 0.2) is 13.2 Å². The number of amides is 1. The van der Waals surface area contributed by atoms with Crippen LogP contribution in [0.1, 0.15) is 5.56 Å². The summed E-state index contributed by atoms with van der Waals surface area (Å²) in [5.41, 5.74) is 0.910. The molecule has 144 valence electrons. The summed E-state index contributed by atoms with van der Waals surface area (Å²) in [5, 5.41) is 0.543. The highest BCUT2D eigenvalue weighted by molar-refractivity contribution is 9.10. The van der Waals surface area contributed by atoms with Crippen molar-refractivity contribution in [3.63, 3.8) is 0 Å². The van der Waals surface area contributed by atoms with Crippen molar-refractivity contribution in [1.29, 1.82) is 0 Å². The molecule has 0 aliphatic heterocycles. The number of likely N-dealkylation sites (N-methyl/N-ethyl adjacent to an activating group) is 1. The Labute approximate surface area is 171 Å². The van der Waals surface area contributed by atoms with Crippen LogP contribution >= 0.6 is 27.5 Å². The standard InChI is InChI=1S/C19H19BrClNO5/c1-22(10-13-4-3-5-15(8-13)25-2)18(23)11-27-19(24)12-26-17-7-6-14(21)9-16(17)20/h3-9H,10-12H2,1-2H3. The summed E-state index contributed by atoms with van der Waals surface area (Å²) >= 11 is 9.13. The van der Waals surface area contributed by atoms with E-state index in [1.165, 1.54) is 4.90 Å². The van der Waals surface area contributed by atoms with Gasteiger partial charge in [0.05, 0.1) is 11.6 Å². The number of methoxy groups -OCH3 is 1. The average molecular weight is 457 g/mol. The Morgan fingerprint density at radius 2 is 1.93 bits per heavy atom. The first-order chi connectivity index (χ1) is 12.9. The van der Waals surface area contributed by atoms with E-state index in [9.17, 15) is 9.59 Å². The van der Waals surface area contributed by atoms with Crippen LogP contribution in [0.3, 0.4) is 0 Å². The third-order valence-corrected chi connectivity index (χ3v) is 4.43. The molecule has 8 heteroatoms. The Morgan fingerprint density at radius 3 is 2.63 bits per heavy atom. The van der Waals surface area contributed by atoms with Crippen LogP contribution in [0.15, 0.2) is 46.9 Å². The highest BCUT2D eigenvalue weighted by Crippen LogP contribution is 2.27. The van der Waals surface area contributed by atoms with Gasteiger partial charge in [-0.2, -0.15) is 0 Å². The third-order valence-electron chi connectivity index (χ3n) is 3.58. The minimum atomic E-state index is -0.639. The van der Waals surface area contributed by atoms with Crippen LogP contribution in [0.5, 0.6) is 11.5 Å². The second-order valence-electron chi connectivity index (χ2n) is 5.63. The van der Waals surface area contributed by atoms with E-state index in [0.717, 1.165) is 5.56 Å². The lowest BCUT2D eigenvalue weighted by molar-refractivity contribution is -0.153. The highest BCUT2D eigenvalue weighted by Gasteiger charge is 2.14. The quantitative estimate of drug-likeness (QED) is 0.567. The lowest BCUT2D eigenvalue weighted by Crippen LogP contribution is -2.31. The van der Waals surface area contributed by atoms with Gasteiger partial charge >= 0.3 is 5.97 Å². The Bertz CT molecular complexity index is 814. The molecular weight excluding hydrogens is 438 g/mol. The summed E-state index contributed by atoms with van der Waals surface area (Å²) in [6.45, 7) is -0.292. The average Bonchev–Trinajstić information content (AvgIpc) is 2.65. The molecule has 2 aromatic rings. The number of carbonyl (C=O) groups is 2. The van der Waals surface area contributed by atoms with Gasteiger partial charge in [-0.05, 0) is 51.8 Å². The summed E-state index contributed by atoms with van der Waals surface area (Å²) in [4.78, 5) is 25.4. The molecule has 0 aromatic heterocycles. The Kier molecular flexibility index (Phi) is 7.94. The molecule has 2 rings (SSSR count). The molecule has 0 saturated heterocycles. The minimum absolute atomic E-state index is 0.312. The van der Waals surface area contributed by atoms with Gasteiger partial charge in [-0.3, -0.25) is 4.79 Å². The molecule has 0 radical (unpaired) electrons. The number of hydrogen-bond donors (Lipinski definition) is 0. The van der Waals surface area contributed by atoms with E-state index in [4.69, 9.17) is 25.8 Å². The van der Waals surface area contributed by atoms with Crippen molar-refractivity contribution < 1.29 is 23.8 Å². The maximum Gasteiger partial charge on any atom is 0.344 e. The smallest absolute Gasteiger partial charge is 0.344 e. The number of benzene rings is 2. The zero-order chi connectivity index (χ0) is 19.8. The second kappa shape index (κ2) is 10.2. The van der Waals surface area contributed by atoms with Crippen LogP contribution in [0.2, 0.25) is 5.02 Å². The summed E-state index contributed by atoms with van der Waals surface area (Å²) in [6.07, 6.45) is 0. The maximum absolute atomic E-state index is 12.1. The lowest BCUT2D eigenvalue weighted by Gasteiger charge is -2.17. The molecule has 0 bridgehead atoms. The van der Waals surface area contributed by atoms with Gasteiger partial charge in [0.25, 0.3) is 5.91 Å². The van der Waals surface area contributed by atoms with Gasteiger partial charge in [-0.25, -0.2) is 4.79 Å². The molecule has 6 nitrogen and oxygen atoms in total. The third kappa shape index (κ3) is 6.77. The van der Waals surface area contributed by atoms with Crippen LogP contribution in [-0.4, -0.2) is 44.1 Å². The van der Waals surface area contributed by atoms with E-state index < -0.39 is 5.97 Å². The fraction of sp³-hybridized carbons (Fsp3) is 0.263. The molecule has 0 N–H and O–H groups in total. The zero-order valence-electron chi connectivity index (χ0n) is 14.9. The lowest BCUT2D eigenvalue weighted by atomic mass is 10.2. The summed E-state index contributed by atoms with van der Waals surface area (Å²) in [6, 6.07) is 12.3. The van der Waals surface area contributed by atoms with Gasteiger partial charge < -0.3 is 19.1 Å². The van der Waals surface area contributed by atoms with Crippen molar-refractivity contribution in [2.45, 2.75) is 6.54 Å². The molecule has 0 spiro atoms. The van der Waals surface area contributed by atoms with E-state index in [0.29, 0.717) is 27.5 Å². The van der Waals surface area contributed by atoms with Gasteiger partial charge in [0.1, 0.15) is 11.5 Å². The van der Waals surface area contributed by atoms with Crippen molar-refractivity contribution in [1.82, 2.24) is 4.90 Å². The number of halogens is 2. The highest BCUT2D eigenvalue weighted by atomic mass is 79.9. The predicted octanol–water partition coefficient (Wildman–Crippen LogP) is 3.69. The number of esters is 1. The molecule has 27 heavy (non-hydrogen) atoms. The van der Waals surface area contributed by atoms with Crippen molar-refractivity contribution in [2.24, 2.45) is 0 Å². The molecule has 2 aromatic carbocycles. The van der Waals surface area contributed by atoms with Crippen molar-refractivity contribution in [3.05, 3.63) is 57.5 Å². The molecule has 0 heterocycles. The monoisotopic (exact) mass is 455 g/mol. The molecule has 0 saturated carbocycles. The Balaban J connectivity index is 1.77. The van der Waals surface area contributed by atoms with E-state index >= 15 is 0 Å². The molecular formula is C19H19BrClNO5. The Hall–Kier alpha value is -2.25. The Morgan fingerprint density at radius 1 is 1.15 bits per heavy atom. The first-order valence-electron chi connectivity index (χ1n) is 7.99. The molecule has 0 aliphatic carbocycles. The van der Waals surface area contributed by atoms with Crippen LogP contribution in [0.25, 0.3) is 0 Å². The van der Waals surface area contributed by atoms with Crippen LogP contribution in [0.4, 0.5) is 0 Å². The number of nitrogens with zero attached hydrogens (tertiary/aromatic N) is 1. The van der Waals surface area contributed by atoms with Crippen molar-refractivity contribution in [2.75, 3.05) is 27.4 Å². The first-order valence-corrected chi connectivity index (χ1v) is 9.16. The van der Waals surface area contributed by atoms with Crippen LogP contribution in [0, 0.1) is 0 Å².